The summed E-state index contributed by atoms with van der Waals surface area (Å²) in [5.74, 6) is -0.187. The Bertz CT molecular complexity index is 697. The first-order valence-corrected chi connectivity index (χ1v) is 9.83. The van der Waals surface area contributed by atoms with Crippen LogP contribution in [-0.4, -0.2) is 34.5 Å². The largest absolute Gasteiger partial charge is 0.380 e. The van der Waals surface area contributed by atoms with Crippen LogP contribution in [0.1, 0.15) is 18.4 Å². The van der Waals surface area contributed by atoms with Gasteiger partial charge in [0.05, 0.1) is 5.69 Å². The van der Waals surface area contributed by atoms with E-state index in [-0.39, 0.29) is 5.82 Å². The van der Waals surface area contributed by atoms with Crippen molar-refractivity contribution in [3.63, 3.8) is 0 Å². The third-order valence-corrected chi connectivity index (χ3v) is 5.42. The molecule has 0 saturated carbocycles. The van der Waals surface area contributed by atoms with E-state index in [0.29, 0.717) is 11.7 Å². The molecule has 1 N–H and O–H groups in total. The Hall–Kier alpha value is -1.72. The highest BCUT2D eigenvalue weighted by Gasteiger charge is 2.19. The monoisotopic (exact) mass is 346 g/mol. The zero-order valence-electron chi connectivity index (χ0n) is 13.9. The standard InChI is InChI=1S/C19H23FN2OS/c1-24(23)17-8-6-15(7-9-17)14-22-12-10-16(11-13-22)21-19-5-3-2-4-18(19)20/h2-9,16,21H,10-14H2,1H3/t24-/m0/s1. The summed E-state index contributed by atoms with van der Waals surface area (Å²) in [7, 11) is -0.923. The average Bonchev–Trinajstić information content (AvgIpc) is 2.59. The van der Waals surface area contributed by atoms with Crippen LogP contribution in [0, 0.1) is 5.82 Å². The second kappa shape index (κ2) is 7.90. The maximum absolute atomic E-state index is 13.7. The van der Waals surface area contributed by atoms with Crippen molar-refractivity contribution >= 4 is 16.5 Å². The predicted octanol–water partition coefficient (Wildman–Crippen LogP) is 3.64. The Labute approximate surface area is 145 Å². The molecule has 0 amide bonds. The van der Waals surface area contributed by atoms with Crippen molar-refractivity contribution < 1.29 is 8.60 Å². The van der Waals surface area contributed by atoms with Gasteiger partial charge in [-0.3, -0.25) is 9.11 Å². The summed E-state index contributed by atoms with van der Waals surface area (Å²) in [4.78, 5) is 3.28. The highest BCUT2D eigenvalue weighted by Crippen LogP contribution is 2.20. The Kier molecular flexibility index (Phi) is 5.63. The van der Waals surface area contributed by atoms with Crippen LogP contribution in [-0.2, 0) is 17.3 Å². The van der Waals surface area contributed by atoms with Gasteiger partial charge in [0.25, 0.3) is 0 Å². The Morgan fingerprint density at radius 2 is 1.79 bits per heavy atom. The maximum atomic E-state index is 13.7. The van der Waals surface area contributed by atoms with Crippen molar-refractivity contribution in [3.05, 3.63) is 59.9 Å². The van der Waals surface area contributed by atoms with Gasteiger partial charge in [-0.05, 0) is 42.7 Å². The number of hydrogen-bond acceptors (Lipinski definition) is 3. The normalized spacial score (nSPS) is 17.6. The molecule has 0 unspecified atom stereocenters. The van der Waals surface area contributed by atoms with Crippen LogP contribution in [0.25, 0.3) is 0 Å². The maximum Gasteiger partial charge on any atom is 0.146 e. The summed E-state index contributed by atoms with van der Waals surface area (Å²) < 4.78 is 25.1. The molecule has 24 heavy (non-hydrogen) atoms. The third kappa shape index (κ3) is 4.42. The number of para-hydroxylation sites is 1. The van der Waals surface area contributed by atoms with Crippen LogP contribution < -0.4 is 5.32 Å². The van der Waals surface area contributed by atoms with E-state index in [2.05, 4.69) is 22.3 Å². The summed E-state index contributed by atoms with van der Waals surface area (Å²) in [5.41, 5.74) is 1.84. The van der Waals surface area contributed by atoms with Crippen molar-refractivity contribution in [2.75, 3.05) is 24.7 Å². The van der Waals surface area contributed by atoms with Gasteiger partial charge in [0, 0.05) is 47.6 Å². The van der Waals surface area contributed by atoms with Gasteiger partial charge in [-0.1, -0.05) is 24.3 Å². The number of nitrogens with zero attached hydrogens (tertiary/aromatic N) is 1. The number of piperidine rings is 1. The lowest BCUT2D eigenvalue weighted by atomic mass is 10.0. The second-order valence-corrected chi connectivity index (χ2v) is 7.65. The minimum absolute atomic E-state index is 0.187. The smallest absolute Gasteiger partial charge is 0.146 e. The first-order chi connectivity index (χ1) is 11.6. The minimum Gasteiger partial charge on any atom is -0.380 e. The fraction of sp³-hybridized carbons (Fsp3) is 0.368. The number of nitrogens with one attached hydrogen (secondary N) is 1. The molecule has 128 valence electrons. The van der Waals surface area contributed by atoms with Crippen LogP contribution in [0.4, 0.5) is 10.1 Å². The molecule has 5 heteroatoms. The minimum atomic E-state index is -0.923. The van der Waals surface area contributed by atoms with Crippen LogP contribution in [0.15, 0.2) is 53.4 Å². The summed E-state index contributed by atoms with van der Waals surface area (Å²) in [6.07, 6.45) is 3.71. The van der Waals surface area contributed by atoms with E-state index in [1.54, 1.807) is 18.4 Å². The van der Waals surface area contributed by atoms with Gasteiger partial charge in [-0.2, -0.15) is 0 Å². The topological polar surface area (TPSA) is 32.3 Å². The molecule has 3 rings (SSSR count). The fourth-order valence-electron chi connectivity index (χ4n) is 3.08. The number of anilines is 1. The van der Waals surface area contributed by atoms with E-state index in [0.717, 1.165) is 37.4 Å². The zero-order chi connectivity index (χ0) is 16.9. The highest BCUT2D eigenvalue weighted by atomic mass is 32.2. The Balaban J connectivity index is 1.50. The molecule has 1 atom stereocenters. The van der Waals surface area contributed by atoms with Crippen LogP contribution >= 0.6 is 0 Å². The summed E-state index contributed by atoms with van der Waals surface area (Å²) in [6, 6.07) is 15.2. The van der Waals surface area contributed by atoms with E-state index in [4.69, 9.17) is 0 Å². The molecule has 1 heterocycles. The predicted molar refractivity (Wildman–Crippen MR) is 97.1 cm³/mol. The third-order valence-electron chi connectivity index (χ3n) is 4.48. The fourth-order valence-corrected chi connectivity index (χ4v) is 3.60. The van der Waals surface area contributed by atoms with Crippen LogP contribution in [0.5, 0.6) is 0 Å². The molecule has 1 aliphatic rings. The number of benzene rings is 2. The Morgan fingerprint density at radius 1 is 1.12 bits per heavy atom. The number of hydrogen-bond donors (Lipinski definition) is 1. The molecule has 0 spiro atoms. The summed E-state index contributed by atoms with van der Waals surface area (Å²) >= 11 is 0. The molecule has 0 aromatic heterocycles. The lowest BCUT2D eigenvalue weighted by molar-refractivity contribution is 0.211. The van der Waals surface area contributed by atoms with E-state index in [1.807, 2.05) is 18.2 Å². The van der Waals surface area contributed by atoms with Gasteiger partial charge >= 0.3 is 0 Å². The summed E-state index contributed by atoms with van der Waals surface area (Å²) in [6.45, 7) is 2.89. The van der Waals surface area contributed by atoms with Gasteiger partial charge in [0.15, 0.2) is 0 Å². The quantitative estimate of drug-likeness (QED) is 0.897. The van der Waals surface area contributed by atoms with Crippen LogP contribution in [0.2, 0.25) is 0 Å². The first kappa shape index (κ1) is 17.1. The molecule has 2 aromatic carbocycles. The SMILES string of the molecule is C[S@](=O)c1ccc(CN2CCC(Nc3ccccc3F)CC2)cc1. The van der Waals surface area contributed by atoms with E-state index < -0.39 is 10.8 Å². The van der Waals surface area contributed by atoms with E-state index in [1.165, 1.54) is 11.6 Å². The molecule has 1 saturated heterocycles. The first-order valence-electron chi connectivity index (χ1n) is 8.27. The van der Waals surface area contributed by atoms with Crippen molar-refractivity contribution in [3.8, 4) is 0 Å². The van der Waals surface area contributed by atoms with Crippen LogP contribution in [0.3, 0.4) is 0 Å². The molecular formula is C19H23FN2OS. The number of likely N-dealkylation sites (tertiary alicyclic amines) is 1. The van der Waals surface area contributed by atoms with Gasteiger partial charge in [-0.25, -0.2) is 4.39 Å². The van der Waals surface area contributed by atoms with Gasteiger partial charge in [0.1, 0.15) is 5.82 Å². The van der Waals surface area contributed by atoms with Gasteiger partial charge in [0.2, 0.25) is 0 Å². The van der Waals surface area contributed by atoms with Crippen molar-refractivity contribution in [1.82, 2.24) is 4.90 Å². The van der Waals surface area contributed by atoms with Crippen molar-refractivity contribution in [2.24, 2.45) is 0 Å². The molecule has 2 aromatic rings. The molecule has 0 aliphatic carbocycles. The molecular weight excluding hydrogens is 323 g/mol. The summed E-state index contributed by atoms with van der Waals surface area (Å²) in [5, 5.41) is 3.32. The zero-order valence-corrected chi connectivity index (χ0v) is 14.7. The molecule has 0 bridgehead atoms. The lowest BCUT2D eigenvalue weighted by Gasteiger charge is -2.33. The molecule has 1 aliphatic heterocycles. The van der Waals surface area contributed by atoms with Gasteiger partial charge < -0.3 is 5.32 Å². The second-order valence-electron chi connectivity index (χ2n) is 6.27. The molecule has 1 fully saturated rings. The van der Waals surface area contributed by atoms with Gasteiger partial charge in [-0.15, -0.1) is 0 Å². The van der Waals surface area contributed by atoms with E-state index >= 15 is 0 Å². The van der Waals surface area contributed by atoms with Crippen molar-refractivity contribution in [2.45, 2.75) is 30.3 Å². The lowest BCUT2D eigenvalue weighted by Crippen LogP contribution is -2.38. The number of rotatable bonds is 5. The van der Waals surface area contributed by atoms with Crippen molar-refractivity contribution in [1.29, 1.82) is 0 Å². The number of halogens is 1. The highest BCUT2D eigenvalue weighted by molar-refractivity contribution is 7.84. The van der Waals surface area contributed by atoms with E-state index in [9.17, 15) is 8.60 Å². The average molecular weight is 346 g/mol. The Morgan fingerprint density at radius 3 is 2.42 bits per heavy atom. The molecule has 0 radical (unpaired) electrons. The molecule has 3 nitrogen and oxygen atoms in total.